The van der Waals surface area contributed by atoms with Crippen LogP contribution in [0.3, 0.4) is 0 Å². The van der Waals surface area contributed by atoms with E-state index in [1.54, 1.807) is 21.3 Å². The van der Waals surface area contributed by atoms with Crippen LogP contribution in [0.15, 0.2) is 12.1 Å². The zero-order valence-corrected chi connectivity index (χ0v) is 14.7. The summed E-state index contributed by atoms with van der Waals surface area (Å²) >= 11 is 5.40. The Hall–Kier alpha value is -2.26. The molecule has 1 saturated heterocycles. The van der Waals surface area contributed by atoms with Gasteiger partial charge in [-0.25, -0.2) is 9.77 Å². The number of nitrogens with zero attached hydrogens (tertiary/aromatic N) is 3. The predicted octanol–water partition coefficient (Wildman–Crippen LogP) is 1.60. The van der Waals surface area contributed by atoms with Crippen LogP contribution in [0, 0.1) is 4.77 Å². The maximum atomic E-state index is 5.42. The number of nitrogens with one attached hydrogen (secondary N) is 1. The molecule has 1 aliphatic rings. The van der Waals surface area contributed by atoms with Gasteiger partial charge in [0, 0.05) is 5.56 Å². The van der Waals surface area contributed by atoms with Gasteiger partial charge in [-0.2, -0.15) is 5.10 Å². The Labute approximate surface area is 144 Å². The van der Waals surface area contributed by atoms with Crippen molar-refractivity contribution in [1.29, 1.82) is 0 Å². The zero-order chi connectivity index (χ0) is 17.1. The Bertz CT molecular complexity index is 742. The molecule has 1 fully saturated rings. The van der Waals surface area contributed by atoms with Gasteiger partial charge < -0.3 is 24.0 Å². The fraction of sp³-hybridized carbons (Fsp3) is 0.467. The molecule has 0 aliphatic carbocycles. The Morgan fingerprint density at radius 1 is 1.08 bits per heavy atom. The fourth-order valence-electron chi connectivity index (χ4n) is 2.70. The summed E-state index contributed by atoms with van der Waals surface area (Å²) in [5.74, 6) is 2.35. The highest BCUT2D eigenvalue weighted by Gasteiger charge is 2.21. The Morgan fingerprint density at radius 3 is 2.25 bits per heavy atom. The number of rotatable bonds is 5. The number of hydrogen-bond acceptors (Lipinski definition) is 7. The quantitative estimate of drug-likeness (QED) is 0.819. The molecule has 1 N–H and O–H groups in total. The number of morpholine rings is 1. The molecule has 0 saturated carbocycles. The van der Waals surface area contributed by atoms with Crippen molar-refractivity contribution in [3.05, 3.63) is 16.9 Å². The van der Waals surface area contributed by atoms with E-state index in [1.807, 2.05) is 16.8 Å². The minimum absolute atomic E-state index is 0.528. The third-order valence-electron chi connectivity index (χ3n) is 3.84. The molecule has 0 amide bonds. The standard InChI is InChI=1S/C15H20N4O4S/c1-20-11-8-10(9-12(21-2)13(11)22-3)14-16-17-15(24)19(14)18-4-6-23-7-5-18/h8-9H,4-7H2,1-3H3,(H,17,24). The molecular weight excluding hydrogens is 332 g/mol. The van der Waals surface area contributed by atoms with Gasteiger partial charge in [0.05, 0.1) is 47.6 Å². The van der Waals surface area contributed by atoms with Crippen LogP contribution in [0.2, 0.25) is 0 Å². The van der Waals surface area contributed by atoms with E-state index in [0.717, 1.165) is 18.7 Å². The highest BCUT2D eigenvalue weighted by molar-refractivity contribution is 7.71. The lowest BCUT2D eigenvalue weighted by Gasteiger charge is -2.30. The van der Waals surface area contributed by atoms with E-state index in [0.29, 0.717) is 41.1 Å². The summed E-state index contributed by atoms with van der Waals surface area (Å²) in [5, 5.41) is 9.34. The number of aromatic amines is 1. The minimum atomic E-state index is 0.528. The van der Waals surface area contributed by atoms with Crippen LogP contribution in [-0.4, -0.2) is 62.5 Å². The van der Waals surface area contributed by atoms with Gasteiger partial charge in [0.15, 0.2) is 17.3 Å². The molecule has 0 bridgehead atoms. The summed E-state index contributed by atoms with van der Waals surface area (Å²) in [4.78, 5) is 0. The maximum absolute atomic E-state index is 5.42. The lowest BCUT2D eigenvalue weighted by molar-refractivity contribution is 0.111. The van der Waals surface area contributed by atoms with E-state index < -0.39 is 0 Å². The van der Waals surface area contributed by atoms with Crippen LogP contribution in [0.5, 0.6) is 17.2 Å². The van der Waals surface area contributed by atoms with Gasteiger partial charge in [0.2, 0.25) is 10.5 Å². The molecule has 2 heterocycles. The van der Waals surface area contributed by atoms with E-state index in [9.17, 15) is 0 Å². The number of H-pyrrole nitrogens is 1. The third kappa shape index (κ3) is 2.92. The van der Waals surface area contributed by atoms with Crippen molar-refractivity contribution in [3.8, 4) is 28.6 Å². The molecule has 8 nitrogen and oxygen atoms in total. The summed E-state index contributed by atoms with van der Waals surface area (Å²) < 4.78 is 24.0. The molecular formula is C15H20N4O4S. The average molecular weight is 352 g/mol. The van der Waals surface area contributed by atoms with Gasteiger partial charge in [0.25, 0.3) is 0 Å². The molecule has 2 aromatic rings. The molecule has 130 valence electrons. The molecule has 1 aromatic carbocycles. The Kier molecular flexibility index (Phi) is 4.91. The van der Waals surface area contributed by atoms with Gasteiger partial charge in [0.1, 0.15) is 0 Å². The average Bonchev–Trinajstić information content (AvgIpc) is 3.02. The summed E-state index contributed by atoms with van der Waals surface area (Å²) in [6.07, 6.45) is 0. The number of hydrogen-bond donors (Lipinski definition) is 1. The van der Waals surface area contributed by atoms with Crippen LogP contribution in [0.25, 0.3) is 11.4 Å². The second-order valence-electron chi connectivity index (χ2n) is 5.14. The molecule has 1 aliphatic heterocycles. The Morgan fingerprint density at radius 2 is 1.71 bits per heavy atom. The van der Waals surface area contributed by atoms with Gasteiger partial charge in [-0.1, -0.05) is 0 Å². The molecule has 0 spiro atoms. The van der Waals surface area contributed by atoms with Crippen molar-refractivity contribution in [2.75, 3.05) is 52.6 Å². The van der Waals surface area contributed by atoms with E-state index in [-0.39, 0.29) is 0 Å². The van der Waals surface area contributed by atoms with Crippen molar-refractivity contribution >= 4 is 12.2 Å². The monoisotopic (exact) mass is 352 g/mol. The minimum Gasteiger partial charge on any atom is -0.493 e. The van der Waals surface area contributed by atoms with Crippen LogP contribution in [0.4, 0.5) is 0 Å². The first-order chi connectivity index (χ1) is 11.7. The van der Waals surface area contributed by atoms with E-state index in [1.165, 1.54) is 0 Å². The second kappa shape index (κ2) is 7.10. The number of ether oxygens (including phenoxy) is 4. The zero-order valence-electron chi connectivity index (χ0n) is 13.9. The molecule has 1 aromatic heterocycles. The van der Waals surface area contributed by atoms with E-state index in [4.69, 9.17) is 31.2 Å². The summed E-state index contributed by atoms with van der Waals surface area (Å²) in [6.45, 7) is 2.79. The first-order valence-corrected chi connectivity index (χ1v) is 7.91. The van der Waals surface area contributed by atoms with Crippen molar-refractivity contribution in [3.63, 3.8) is 0 Å². The first kappa shape index (κ1) is 16.6. The number of benzene rings is 1. The Balaban J connectivity index is 2.11. The molecule has 9 heteroatoms. The maximum Gasteiger partial charge on any atom is 0.214 e. The third-order valence-corrected chi connectivity index (χ3v) is 4.11. The summed E-state index contributed by atoms with van der Waals surface area (Å²) in [5.41, 5.74) is 0.809. The molecule has 0 unspecified atom stereocenters. The normalized spacial score (nSPS) is 14.5. The lowest BCUT2D eigenvalue weighted by Crippen LogP contribution is -2.44. The van der Waals surface area contributed by atoms with Gasteiger partial charge in [-0.05, 0) is 24.4 Å². The summed E-state index contributed by atoms with van der Waals surface area (Å²) in [6, 6.07) is 3.70. The van der Waals surface area contributed by atoms with Crippen LogP contribution < -0.4 is 19.2 Å². The molecule has 0 radical (unpaired) electrons. The molecule has 0 atom stereocenters. The summed E-state index contributed by atoms with van der Waals surface area (Å²) in [7, 11) is 4.74. The smallest absolute Gasteiger partial charge is 0.214 e. The lowest BCUT2D eigenvalue weighted by atomic mass is 10.1. The SMILES string of the molecule is COc1cc(-c2n[nH]c(=S)n2N2CCOCC2)cc(OC)c1OC. The largest absolute Gasteiger partial charge is 0.493 e. The van der Waals surface area contributed by atoms with E-state index >= 15 is 0 Å². The molecule has 3 rings (SSSR count). The highest BCUT2D eigenvalue weighted by Crippen LogP contribution is 2.40. The van der Waals surface area contributed by atoms with Crippen LogP contribution in [-0.2, 0) is 4.74 Å². The van der Waals surface area contributed by atoms with Crippen LogP contribution in [0.1, 0.15) is 0 Å². The topological polar surface area (TPSA) is 73.8 Å². The highest BCUT2D eigenvalue weighted by atomic mass is 32.1. The van der Waals surface area contributed by atoms with E-state index in [2.05, 4.69) is 15.2 Å². The number of methoxy groups -OCH3 is 3. The number of aromatic nitrogens is 3. The predicted molar refractivity (Wildman–Crippen MR) is 91.3 cm³/mol. The second-order valence-corrected chi connectivity index (χ2v) is 5.53. The first-order valence-electron chi connectivity index (χ1n) is 7.50. The van der Waals surface area contributed by atoms with Crippen molar-refractivity contribution in [2.24, 2.45) is 0 Å². The van der Waals surface area contributed by atoms with Gasteiger partial charge in [-0.15, -0.1) is 0 Å². The van der Waals surface area contributed by atoms with Gasteiger partial charge in [-0.3, -0.25) is 0 Å². The van der Waals surface area contributed by atoms with Crippen molar-refractivity contribution < 1.29 is 18.9 Å². The fourth-order valence-corrected chi connectivity index (χ4v) is 2.95. The van der Waals surface area contributed by atoms with Crippen LogP contribution >= 0.6 is 12.2 Å². The van der Waals surface area contributed by atoms with Crippen molar-refractivity contribution in [2.45, 2.75) is 0 Å². The van der Waals surface area contributed by atoms with Gasteiger partial charge >= 0.3 is 0 Å². The molecule has 24 heavy (non-hydrogen) atoms. The van der Waals surface area contributed by atoms with Crippen molar-refractivity contribution in [1.82, 2.24) is 14.9 Å².